The van der Waals surface area contributed by atoms with Crippen molar-refractivity contribution >= 4 is 23.5 Å². The zero-order valence-corrected chi connectivity index (χ0v) is 10.9. The molecule has 0 aromatic heterocycles. The van der Waals surface area contributed by atoms with E-state index in [-0.39, 0.29) is 18.3 Å². The first-order chi connectivity index (χ1) is 8.62. The molecule has 0 aliphatic heterocycles. The van der Waals surface area contributed by atoms with Gasteiger partial charge in [0.2, 0.25) is 5.91 Å². The Morgan fingerprint density at radius 2 is 2.06 bits per heavy atom. The maximum Gasteiger partial charge on any atom is 0.337 e. The van der Waals surface area contributed by atoms with Crippen LogP contribution in [0.2, 0.25) is 0 Å². The van der Waals surface area contributed by atoms with Crippen molar-refractivity contribution < 1.29 is 19.1 Å². The van der Waals surface area contributed by atoms with Crippen molar-refractivity contribution in [2.75, 3.05) is 20.1 Å². The van der Waals surface area contributed by atoms with Crippen LogP contribution in [0.1, 0.15) is 15.9 Å². The number of methoxy groups -OCH3 is 2. The average Bonchev–Trinajstić information content (AvgIpc) is 2.43. The fraction of sp³-hybridized carbons (Fsp3) is 0.333. The van der Waals surface area contributed by atoms with Gasteiger partial charge >= 0.3 is 5.97 Å². The average molecular weight is 272 g/mol. The summed E-state index contributed by atoms with van der Waals surface area (Å²) in [4.78, 5) is 22.5. The lowest BCUT2D eigenvalue weighted by Crippen LogP contribution is -2.24. The van der Waals surface area contributed by atoms with Gasteiger partial charge in [-0.1, -0.05) is 0 Å². The molecule has 0 fully saturated rings. The first-order valence-electron chi connectivity index (χ1n) is 5.20. The van der Waals surface area contributed by atoms with Gasteiger partial charge in [0.15, 0.2) is 0 Å². The number of halogens is 1. The molecule has 0 aliphatic rings. The van der Waals surface area contributed by atoms with Crippen molar-refractivity contribution in [1.29, 1.82) is 0 Å². The van der Waals surface area contributed by atoms with Crippen LogP contribution in [0.5, 0.6) is 5.75 Å². The quantitative estimate of drug-likeness (QED) is 0.648. The summed E-state index contributed by atoms with van der Waals surface area (Å²) in [5, 5.41) is 2.60. The Morgan fingerprint density at radius 3 is 2.61 bits per heavy atom. The third-order valence-corrected chi connectivity index (χ3v) is 2.54. The van der Waals surface area contributed by atoms with Gasteiger partial charge in [-0.05, 0) is 18.2 Å². The Morgan fingerprint density at radius 1 is 1.33 bits per heavy atom. The molecule has 1 aromatic carbocycles. The Bertz CT molecular complexity index is 448. The van der Waals surface area contributed by atoms with Gasteiger partial charge in [-0.25, -0.2) is 4.79 Å². The normalized spacial score (nSPS) is 9.72. The van der Waals surface area contributed by atoms with Crippen LogP contribution < -0.4 is 10.1 Å². The van der Waals surface area contributed by atoms with E-state index in [0.29, 0.717) is 16.9 Å². The second kappa shape index (κ2) is 6.86. The number of carbonyl (C=O) groups excluding carboxylic acids is 2. The minimum absolute atomic E-state index is 0.112. The highest BCUT2D eigenvalue weighted by Crippen LogP contribution is 2.20. The van der Waals surface area contributed by atoms with Gasteiger partial charge in [0, 0.05) is 12.1 Å². The second-order valence-electron chi connectivity index (χ2n) is 3.43. The predicted molar refractivity (Wildman–Crippen MR) is 66.9 cm³/mol. The van der Waals surface area contributed by atoms with Gasteiger partial charge in [-0.2, -0.15) is 0 Å². The Hall–Kier alpha value is -1.75. The van der Waals surface area contributed by atoms with Crippen molar-refractivity contribution in [3.05, 3.63) is 29.3 Å². The summed E-state index contributed by atoms with van der Waals surface area (Å²) in [5.74, 6) is -0.263. The largest absolute Gasteiger partial charge is 0.496 e. The highest BCUT2D eigenvalue weighted by Gasteiger charge is 2.11. The van der Waals surface area contributed by atoms with E-state index >= 15 is 0 Å². The van der Waals surface area contributed by atoms with Crippen LogP contribution >= 0.6 is 11.6 Å². The van der Waals surface area contributed by atoms with E-state index in [1.165, 1.54) is 14.2 Å². The molecule has 5 nitrogen and oxygen atoms in total. The minimum Gasteiger partial charge on any atom is -0.496 e. The maximum absolute atomic E-state index is 11.4. The van der Waals surface area contributed by atoms with Crippen LogP contribution in [0.25, 0.3) is 0 Å². The number of alkyl halides is 1. The van der Waals surface area contributed by atoms with Gasteiger partial charge in [0.1, 0.15) is 11.6 Å². The third-order valence-electron chi connectivity index (χ3n) is 2.30. The van der Waals surface area contributed by atoms with E-state index in [9.17, 15) is 9.59 Å². The van der Waals surface area contributed by atoms with Crippen molar-refractivity contribution in [3.63, 3.8) is 0 Å². The molecule has 6 heteroatoms. The number of nitrogens with one attached hydrogen (secondary N) is 1. The molecule has 0 radical (unpaired) electrons. The lowest BCUT2D eigenvalue weighted by atomic mass is 10.1. The molecule has 0 atom stereocenters. The van der Waals surface area contributed by atoms with E-state index < -0.39 is 5.97 Å². The van der Waals surface area contributed by atoms with Crippen LogP contribution in [0, 0.1) is 0 Å². The van der Waals surface area contributed by atoms with Crippen LogP contribution in [0.15, 0.2) is 18.2 Å². The Balaban J connectivity index is 2.91. The van der Waals surface area contributed by atoms with Crippen LogP contribution in [-0.4, -0.2) is 32.0 Å². The molecular weight excluding hydrogens is 258 g/mol. The molecule has 0 saturated heterocycles. The fourth-order valence-electron chi connectivity index (χ4n) is 1.40. The zero-order chi connectivity index (χ0) is 13.5. The molecule has 1 aromatic rings. The fourth-order valence-corrected chi connectivity index (χ4v) is 1.50. The first kappa shape index (κ1) is 14.3. The van der Waals surface area contributed by atoms with Gasteiger partial charge < -0.3 is 14.8 Å². The Labute approximate surface area is 110 Å². The number of esters is 1. The van der Waals surface area contributed by atoms with Crippen molar-refractivity contribution in [2.24, 2.45) is 0 Å². The molecule has 98 valence electrons. The molecule has 1 amide bonds. The summed E-state index contributed by atoms with van der Waals surface area (Å²) < 4.78 is 9.77. The molecule has 0 heterocycles. The summed E-state index contributed by atoms with van der Waals surface area (Å²) in [6.07, 6.45) is 0. The SMILES string of the molecule is COC(=O)c1ccc(OC)c(CNC(=O)CCl)c1. The van der Waals surface area contributed by atoms with E-state index in [0.717, 1.165) is 0 Å². The van der Waals surface area contributed by atoms with Gasteiger partial charge in [-0.3, -0.25) is 4.79 Å². The number of carbonyl (C=O) groups is 2. The number of benzene rings is 1. The van der Waals surface area contributed by atoms with Crippen LogP contribution in [0.4, 0.5) is 0 Å². The van der Waals surface area contributed by atoms with Crippen molar-refractivity contribution in [2.45, 2.75) is 6.54 Å². The Kier molecular flexibility index (Phi) is 5.45. The second-order valence-corrected chi connectivity index (χ2v) is 3.70. The predicted octanol–water partition coefficient (Wildman–Crippen LogP) is 1.34. The highest BCUT2D eigenvalue weighted by atomic mass is 35.5. The number of hydrogen-bond acceptors (Lipinski definition) is 4. The van der Waals surface area contributed by atoms with Crippen molar-refractivity contribution in [1.82, 2.24) is 5.32 Å². The summed E-state index contributed by atoms with van der Waals surface area (Å²) in [7, 11) is 2.82. The first-order valence-corrected chi connectivity index (χ1v) is 5.73. The smallest absolute Gasteiger partial charge is 0.337 e. The summed E-state index contributed by atoms with van der Waals surface area (Å²) in [5.41, 5.74) is 1.08. The van der Waals surface area contributed by atoms with E-state index in [1.54, 1.807) is 18.2 Å². The monoisotopic (exact) mass is 271 g/mol. The van der Waals surface area contributed by atoms with E-state index in [1.807, 2.05) is 0 Å². The molecule has 1 rings (SSSR count). The molecule has 0 unspecified atom stereocenters. The zero-order valence-electron chi connectivity index (χ0n) is 10.2. The van der Waals surface area contributed by atoms with Crippen LogP contribution in [0.3, 0.4) is 0 Å². The van der Waals surface area contributed by atoms with Crippen LogP contribution in [-0.2, 0) is 16.1 Å². The standard InChI is InChI=1S/C12H14ClNO4/c1-17-10-4-3-8(12(16)18-2)5-9(10)7-14-11(15)6-13/h3-5H,6-7H2,1-2H3,(H,14,15). The van der Waals surface area contributed by atoms with Gasteiger partial charge in [-0.15, -0.1) is 11.6 Å². The van der Waals surface area contributed by atoms with Crippen molar-refractivity contribution in [3.8, 4) is 5.75 Å². The topological polar surface area (TPSA) is 64.6 Å². The molecule has 0 saturated carbocycles. The molecular formula is C12H14ClNO4. The highest BCUT2D eigenvalue weighted by molar-refractivity contribution is 6.27. The van der Waals surface area contributed by atoms with E-state index in [4.69, 9.17) is 16.3 Å². The van der Waals surface area contributed by atoms with Gasteiger partial charge in [0.25, 0.3) is 0 Å². The number of rotatable bonds is 5. The summed E-state index contributed by atoms with van der Waals surface area (Å²) >= 11 is 5.38. The third kappa shape index (κ3) is 3.63. The molecule has 0 spiro atoms. The van der Waals surface area contributed by atoms with Gasteiger partial charge in [0.05, 0.1) is 19.8 Å². The number of ether oxygens (including phenoxy) is 2. The number of amides is 1. The maximum atomic E-state index is 11.4. The molecule has 1 N–H and O–H groups in total. The lowest BCUT2D eigenvalue weighted by Gasteiger charge is -2.10. The lowest BCUT2D eigenvalue weighted by molar-refractivity contribution is -0.118. The molecule has 0 bridgehead atoms. The summed E-state index contributed by atoms with van der Waals surface area (Å²) in [6, 6.07) is 4.85. The molecule has 18 heavy (non-hydrogen) atoms. The van der Waals surface area contributed by atoms with E-state index in [2.05, 4.69) is 10.1 Å². The number of hydrogen-bond donors (Lipinski definition) is 1. The minimum atomic E-state index is -0.442. The molecule has 0 aliphatic carbocycles. The summed E-state index contributed by atoms with van der Waals surface area (Å²) in [6.45, 7) is 0.236.